The molecule has 0 aromatic heterocycles. The van der Waals surface area contributed by atoms with Gasteiger partial charge >= 0.3 is 5.97 Å². The van der Waals surface area contributed by atoms with E-state index < -0.39 is 6.04 Å². The highest BCUT2D eigenvalue weighted by molar-refractivity contribution is 5.79. The van der Waals surface area contributed by atoms with Crippen molar-refractivity contribution in [1.29, 1.82) is 0 Å². The minimum Gasteiger partial charge on any atom is -0.467 e. The molecule has 0 bridgehead atoms. The smallest absolute Gasteiger partial charge is 0.335 e. The van der Waals surface area contributed by atoms with Crippen molar-refractivity contribution in [2.24, 2.45) is 4.99 Å². The molecular weight excluding hydrogens is 204 g/mol. The van der Waals surface area contributed by atoms with Crippen molar-refractivity contribution >= 4 is 12.3 Å². The van der Waals surface area contributed by atoms with Crippen LogP contribution in [0.1, 0.15) is 11.6 Å². The van der Waals surface area contributed by atoms with E-state index in [0.717, 1.165) is 5.56 Å². The number of aliphatic imine (C=N–C) groups is 1. The lowest BCUT2D eigenvalue weighted by Gasteiger charge is -2.11. The molecule has 0 unspecified atom stereocenters. The van der Waals surface area contributed by atoms with Gasteiger partial charge in [0.15, 0.2) is 6.04 Å². The third kappa shape index (κ3) is 3.38. The summed E-state index contributed by atoms with van der Waals surface area (Å²) in [5, 5.41) is 0. The molecule has 0 aliphatic rings. The number of methoxy groups -OCH3 is 1. The van der Waals surface area contributed by atoms with Crippen LogP contribution < -0.4 is 0 Å². The zero-order valence-corrected chi connectivity index (χ0v) is 9.75. The molecule has 16 heavy (non-hydrogen) atoms. The molecule has 1 aromatic rings. The fraction of sp³-hybridized carbons (Fsp3) is 0.333. The fourth-order valence-corrected chi connectivity index (χ4v) is 1.23. The van der Waals surface area contributed by atoms with Crippen molar-refractivity contribution in [2.75, 3.05) is 21.2 Å². The van der Waals surface area contributed by atoms with Gasteiger partial charge in [0, 0.05) is 14.1 Å². The Morgan fingerprint density at radius 3 is 2.50 bits per heavy atom. The zero-order chi connectivity index (χ0) is 12.0. The number of carbonyl (C=O) groups excluding carboxylic acids is 1. The van der Waals surface area contributed by atoms with Gasteiger partial charge in [-0.25, -0.2) is 4.79 Å². The largest absolute Gasteiger partial charge is 0.467 e. The highest BCUT2D eigenvalue weighted by Gasteiger charge is 2.19. The van der Waals surface area contributed by atoms with Gasteiger partial charge in [0.25, 0.3) is 0 Å². The lowest BCUT2D eigenvalue weighted by Crippen LogP contribution is -2.15. The Labute approximate surface area is 95.6 Å². The summed E-state index contributed by atoms with van der Waals surface area (Å²) in [6.45, 7) is 0. The SMILES string of the molecule is COC(=O)[C@@H](N=CN(C)C)c1ccccc1. The van der Waals surface area contributed by atoms with E-state index in [1.54, 1.807) is 11.2 Å². The summed E-state index contributed by atoms with van der Waals surface area (Å²) in [7, 11) is 5.06. The van der Waals surface area contributed by atoms with Gasteiger partial charge in [0.2, 0.25) is 0 Å². The molecule has 4 heteroatoms. The Morgan fingerprint density at radius 2 is 2.00 bits per heavy atom. The van der Waals surface area contributed by atoms with Crippen molar-refractivity contribution < 1.29 is 9.53 Å². The van der Waals surface area contributed by atoms with E-state index in [4.69, 9.17) is 4.74 Å². The van der Waals surface area contributed by atoms with Gasteiger partial charge in [-0.05, 0) is 5.56 Å². The Balaban J connectivity index is 2.93. The average molecular weight is 220 g/mol. The molecule has 0 saturated carbocycles. The van der Waals surface area contributed by atoms with Crippen LogP contribution in [0.5, 0.6) is 0 Å². The summed E-state index contributed by atoms with van der Waals surface area (Å²) < 4.78 is 4.73. The number of hydrogen-bond donors (Lipinski definition) is 0. The monoisotopic (exact) mass is 220 g/mol. The number of esters is 1. The third-order valence-electron chi connectivity index (χ3n) is 1.99. The van der Waals surface area contributed by atoms with Crippen LogP contribution in [0.4, 0.5) is 0 Å². The van der Waals surface area contributed by atoms with Crippen molar-refractivity contribution in [2.45, 2.75) is 6.04 Å². The van der Waals surface area contributed by atoms with Crippen molar-refractivity contribution in [3.8, 4) is 0 Å². The Bertz CT molecular complexity index is 361. The topological polar surface area (TPSA) is 41.9 Å². The molecule has 86 valence electrons. The number of nitrogens with zero attached hydrogens (tertiary/aromatic N) is 2. The van der Waals surface area contributed by atoms with Crippen LogP contribution in [0.2, 0.25) is 0 Å². The maximum Gasteiger partial charge on any atom is 0.335 e. The quantitative estimate of drug-likeness (QED) is 0.438. The molecule has 1 rings (SSSR count). The molecule has 0 aliphatic heterocycles. The molecule has 0 N–H and O–H groups in total. The first-order chi connectivity index (χ1) is 7.65. The van der Waals surface area contributed by atoms with Gasteiger partial charge in [-0.1, -0.05) is 30.3 Å². The standard InChI is InChI=1S/C12H16N2O2/c1-14(2)9-13-11(12(15)16-3)10-7-5-4-6-8-10/h4-9,11H,1-3H3/t11-/m0/s1. The van der Waals surface area contributed by atoms with Crippen LogP contribution >= 0.6 is 0 Å². The lowest BCUT2D eigenvalue weighted by atomic mass is 10.1. The Hall–Kier alpha value is -1.84. The van der Waals surface area contributed by atoms with Crippen LogP contribution in [0, 0.1) is 0 Å². The van der Waals surface area contributed by atoms with E-state index in [-0.39, 0.29) is 5.97 Å². The van der Waals surface area contributed by atoms with Crippen molar-refractivity contribution in [3.63, 3.8) is 0 Å². The number of hydrogen-bond acceptors (Lipinski definition) is 3. The zero-order valence-electron chi connectivity index (χ0n) is 9.75. The van der Waals surface area contributed by atoms with Crippen LogP contribution in [-0.4, -0.2) is 38.4 Å². The molecule has 0 amide bonds. The van der Waals surface area contributed by atoms with Crippen molar-refractivity contribution in [3.05, 3.63) is 35.9 Å². The summed E-state index contributed by atoms with van der Waals surface area (Å²) in [5.41, 5.74) is 0.826. The Morgan fingerprint density at radius 1 is 1.38 bits per heavy atom. The maximum atomic E-state index is 11.6. The predicted molar refractivity (Wildman–Crippen MR) is 63.4 cm³/mol. The second-order valence-corrected chi connectivity index (χ2v) is 3.56. The number of ether oxygens (including phenoxy) is 1. The molecule has 1 atom stereocenters. The molecule has 0 spiro atoms. The number of carbonyl (C=O) groups is 1. The van der Waals surface area contributed by atoms with E-state index in [1.807, 2.05) is 44.4 Å². The van der Waals surface area contributed by atoms with Crippen LogP contribution in [0.25, 0.3) is 0 Å². The van der Waals surface area contributed by atoms with E-state index in [2.05, 4.69) is 4.99 Å². The highest BCUT2D eigenvalue weighted by atomic mass is 16.5. The summed E-state index contributed by atoms with van der Waals surface area (Å²) in [6.07, 6.45) is 1.61. The summed E-state index contributed by atoms with van der Waals surface area (Å²) in [4.78, 5) is 17.5. The van der Waals surface area contributed by atoms with Gasteiger partial charge in [-0.3, -0.25) is 4.99 Å². The number of rotatable bonds is 4. The number of benzene rings is 1. The third-order valence-corrected chi connectivity index (χ3v) is 1.99. The van der Waals surface area contributed by atoms with Gasteiger partial charge < -0.3 is 9.64 Å². The first-order valence-corrected chi connectivity index (χ1v) is 4.97. The molecule has 0 heterocycles. The minimum absolute atomic E-state index is 0.357. The van der Waals surface area contributed by atoms with E-state index in [1.165, 1.54) is 7.11 Å². The average Bonchev–Trinajstić information content (AvgIpc) is 2.30. The van der Waals surface area contributed by atoms with Gasteiger partial charge in [0.1, 0.15) is 0 Å². The van der Waals surface area contributed by atoms with Crippen LogP contribution in [0.3, 0.4) is 0 Å². The minimum atomic E-state index is -0.589. The van der Waals surface area contributed by atoms with Crippen molar-refractivity contribution in [1.82, 2.24) is 4.90 Å². The summed E-state index contributed by atoms with van der Waals surface area (Å²) in [5.74, 6) is -0.357. The molecule has 0 saturated heterocycles. The molecule has 1 aromatic carbocycles. The molecule has 0 aliphatic carbocycles. The van der Waals surface area contributed by atoms with Gasteiger partial charge in [-0.15, -0.1) is 0 Å². The molecule has 0 radical (unpaired) electrons. The predicted octanol–water partition coefficient (Wildman–Crippen LogP) is 1.49. The first-order valence-electron chi connectivity index (χ1n) is 4.97. The van der Waals surface area contributed by atoms with Crippen LogP contribution in [-0.2, 0) is 9.53 Å². The molecule has 4 nitrogen and oxygen atoms in total. The fourth-order valence-electron chi connectivity index (χ4n) is 1.23. The molecular formula is C12H16N2O2. The second-order valence-electron chi connectivity index (χ2n) is 3.56. The van der Waals surface area contributed by atoms with Crippen LogP contribution in [0.15, 0.2) is 35.3 Å². The first kappa shape index (κ1) is 12.2. The van der Waals surface area contributed by atoms with Gasteiger partial charge in [-0.2, -0.15) is 0 Å². The summed E-state index contributed by atoms with van der Waals surface area (Å²) in [6, 6.07) is 8.76. The normalized spacial score (nSPS) is 12.4. The van der Waals surface area contributed by atoms with Gasteiger partial charge in [0.05, 0.1) is 13.4 Å². The summed E-state index contributed by atoms with van der Waals surface area (Å²) >= 11 is 0. The second kappa shape index (κ2) is 5.90. The van der Waals surface area contributed by atoms with E-state index >= 15 is 0 Å². The highest BCUT2D eigenvalue weighted by Crippen LogP contribution is 2.17. The molecule has 0 fully saturated rings. The lowest BCUT2D eigenvalue weighted by molar-refractivity contribution is -0.142. The van der Waals surface area contributed by atoms with E-state index in [0.29, 0.717) is 0 Å². The Kier molecular flexibility index (Phi) is 4.51. The van der Waals surface area contributed by atoms with E-state index in [9.17, 15) is 4.79 Å². The maximum absolute atomic E-state index is 11.6.